The van der Waals surface area contributed by atoms with Crippen LogP contribution in [0, 0.1) is 23.0 Å². The molecule has 0 aliphatic rings. The van der Waals surface area contributed by atoms with E-state index in [0.717, 1.165) is 12.1 Å². The fraction of sp³-hybridized carbons (Fsp3) is 0.222. The molecule has 0 saturated carbocycles. The van der Waals surface area contributed by atoms with Crippen LogP contribution in [0.3, 0.4) is 0 Å². The zero-order chi connectivity index (χ0) is 10.0. The minimum absolute atomic E-state index is 0.0422. The summed E-state index contributed by atoms with van der Waals surface area (Å²) in [5.74, 6) is -1.54. The minimum Gasteiger partial charge on any atom is -0.324 e. The van der Waals surface area contributed by atoms with E-state index < -0.39 is 17.7 Å². The number of hydrogen-bond acceptors (Lipinski definition) is 2. The van der Waals surface area contributed by atoms with Gasteiger partial charge in [-0.2, -0.15) is 5.26 Å². The third-order valence-corrected chi connectivity index (χ3v) is 1.66. The summed E-state index contributed by atoms with van der Waals surface area (Å²) in [6.07, 6.45) is 0. The maximum atomic E-state index is 13.1. The molecule has 0 heterocycles. The van der Waals surface area contributed by atoms with Gasteiger partial charge in [0.05, 0.1) is 11.6 Å². The first-order valence-corrected chi connectivity index (χ1v) is 3.71. The SMILES string of the molecule is C[C@@H](N)c1c(F)cc(C#N)cc1F. The number of halogens is 2. The molecule has 0 aromatic heterocycles. The molecule has 0 aliphatic carbocycles. The van der Waals surface area contributed by atoms with Crippen molar-refractivity contribution >= 4 is 0 Å². The Morgan fingerprint density at radius 2 is 1.85 bits per heavy atom. The fourth-order valence-corrected chi connectivity index (χ4v) is 1.08. The van der Waals surface area contributed by atoms with Crippen LogP contribution in [0.15, 0.2) is 12.1 Å². The van der Waals surface area contributed by atoms with E-state index >= 15 is 0 Å². The Balaban J connectivity index is 3.33. The quantitative estimate of drug-likeness (QED) is 0.720. The summed E-state index contributed by atoms with van der Waals surface area (Å²) < 4.78 is 26.2. The van der Waals surface area contributed by atoms with Crippen LogP contribution in [0.5, 0.6) is 0 Å². The molecule has 0 radical (unpaired) electrons. The lowest BCUT2D eigenvalue weighted by Crippen LogP contribution is -2.10. The van der Waals surface area contributed by atoms with Gasteiger partial charge in [-0.05, 0) is 19.1 Å². The van der Waals surface area contributed by atoms with Crippen LogP contribution in [0.2, 0.25) is 0 Å². The van der Waals surface area contributed by atoms with Gasteiger partial charge in [0.25, 0.3) is 0 Å². The van der Waals surface area contributed by atoms with E-state index in [4.69, 9.17) is 11.0 Å². The largest absolute Gasteiger partial charge is 0.324 e. The molecule has 0 spiro atoms. The molecule has 1 rings (SSSR count). The van der Waals surface area contributed by atoms with Gasteiger partial charge in [-0.25, -0.2) is 8.78 Å². The minimum atomic E-state index is -0.772. The van der Waals surface area contributed by atoms with E-state index in [9.17, 15) is 8.78 Å². The number of rotatable bonds is 1. The summed E-state index contributed by atoms with van der Waals surface area (Å²) in [6, 6.07) is 2.89. The molecule has 1 aromatic rings. The summed E-state index contributed by atoms with van der Waals surface area (Å²) in [4.78, 5) is 0. The second kappa shape index (κ2) is 3.50. The van der Waals surface area contributed by atoms with Crippen molar-refractivity contribution in [2.75, 3.05) is 0 Å². The van der Waals surface area contributed by atoms with Crippen molar-refractivity contribution in [1.82, 2.24) is 0 Å². The number of hydrogen-bond donors (Lipinski definition) is 1. The van der Waals surface area contributed by atoms with Crippen molar-refractivity contribution in [2.45, 2.75) is 13.0 Å². The molecule has 0 aliphatic heterocycles. The normalized spacial score (nSPS) is 12.2. The van der Waals surface area contributed by atoms with Crippen molar-refractivity contribution in [3.8, 4) is 6.07 Å². The molecular formula is C9H8F2N2. The zero-order valence-corrected chi connectivity index (χ0v) is 7.01. The Bertz CT molecular complexity index is 343. The summed E-state index contributed by atoms with van der Waals surface area (Å²) in [6.45, 7) is 1.48. The lowest BCUT2D eigenvalue weighted by molar-refractivity contribution is 0.536. The topological polar surface area (TPSA) is 49.8 Å². The first kappa shape index (κ1) is 9.62. The van der Waals surface area contributed by atoms with Gasteiger partial charge in [0.2, 0.25) is 0 Å². The van der Waals surface area contributed by atoms with Crippen LogP contribution in [-0.4, -0.2) is 0 Å². The fourth-order valence-electron chi connectivity index (χ4n) is 1.08. The first-order chi connectivity index (χ1) is 6.06. The average Bonchev–Trinajstić information content (AvgIpc) is 2.02. The smallest absolute Gasteiger partial charge is 0.132 e. The van der Waals surface area contributed by atoms with E-state index in [2.05, 4.69) is 0 Å². The Labute approximate surface area is 74.6 Å². The Kier molecular flexibility index (Phi) is 2.59. The lowest BCUT2D eigenvalue weighted by atomic mass is 10.1. The number of benzene rings is 1. The predicted octanol–water partition coefficient (Wildman–Crippen LogP) is 1.86. The number of nitrogens with two attached hydrogens (primary N) is 1. The molecule has 0 fully saturated rings. The Morgan fingerprint density at radius 1 is 1.38 bits per heavy atom. The van der Waals surface area contributed by atoms with Crippen molar-refractivity contribution in [3.05, 3.63) is 34.9 Å². The van der Waals surface area contributed by atoms with Crippen LogP contribution in [0.4, 0.5) is 8.78 Å². The van der Waals surface area contributed by atoms with E-state index in [-0.39, 0.29) is 11.1 Å². The number of nitrogens with zero attached hydrogens (tertiary/aromatic N) is 1. The van der Waals surface area contributed by atoms with Gasteiger partial charge in [0.15, 0.2) is 0 Å². The van der Waals surface area contributed by atoms with Crippen LogP contribution >= 0.6 is 0 Å². The van der Waals surface area contributed by atoms with E-state index in [1.54, 1.807) is 6.07 Å². The summed E-state index contributed by atoms with van der Waals surface area (Å²) >= 11 is 0. The average molecular weight is 182 g/mol. The van der Waals surface area contributed by atoms with Crippen molar-refractivity contribution in [1.29, 1.82) is 5.26 Å². The molecule has 2 nitrogen and oxygen atoms in total. The van der Waals surface area contributed by atoms with Gasteiger partial charge in [0, 0.05) is 11.6 Å². The van der Waals surface area contributed by atoms with Gasteiger partial charge in [-0.1, -0.05) is 0 Å². The molecule has 13 heavy (non-hydrogen) atoms. The van der Waals surface area contributed by atoms with Gasteiger partial charge in [-0.3, -0.25) is 0 Å². The highest BCUT2D eigenvalue weighted by molar-refractivity contribution is 5.35. The number of nitriles is 1. The van der Waals surface area contributed by atoms with Crippen LogP contribution in [-0.2, 0) is 0 Å². The maximum absolute atomic E-state index is 13.1. The molecule has 2 N–H and O–H groups in total. The molecule has 0 unspecified atom stereocenters. The molecule has 68 valence electrons. The molecule has 0 bridgehead atoms. The summed E-state index contributed by atoms with van der Waals surface area (Å²) in [5.41, 5.74) is 5.12. The van der Waals surface area contributed by atoms with Crippen LogP contribution < -0.4 is 5.73 Å². The predicted molar refractivity (Wildman–Crippen MR) is 43.7 cm³/mol. The molecular weight excluding hydrogens is 174 g/mol. The lowest BCUT2D eigenvalue weighted by Gasteiger charge is -2.08. The zero-order valence-electron chi connectivity index (χ0n) is 7.01. The monoisotopic (exact) mass is 182 g/mol. The highest BCUT2D eigenvalue weighted by atomic mass is 19.1. The summed E-state index contributed by atoms with van der Waals surface area (Å²) in [7, 11) is 0. The van der Waals surface area contributed by atoms with Crippen molar-refractivity contribution in [2.24, 2.45) is 5.73 Å². The third-order valence-electron chi connectivity index (χ3n) is 1.66. The van der Waals surface area contributed by atoms with E-state index in [1.807, 2.05) is 0 Å². The second-order valence-corrected chi connectivity index (χ2v) is 2.75. The van der Waals surface area contributed by atoms with Gasteiger partial charge < -0.3 is 5.73 Å². The standard InChI is InChI=1S/C9H8F2N2/c1-5(13)9-7(10)2-6(4-12)3-8(9)11/h2-3,5H,13H2,1H3/t5-/m1/s1. The van der Waals surface area contributed by atoms with Gasteiger partial charge in [-0.15, -0.1) is 0 Å². The van der Waals surface area contributed by atoms with Crippen LogP contribution in [0.25, 0.3) is 0 Å². The summed E-state index contributed by atoms with van der Waals surface area (Å²) in [5, 5.41) is 8.40. The molecule has 0 amide bonds. The van der Waals surface area contributed by atoms with Crippen molar-refractivity contribution in [3.63, 3.8) is 0 Å². The molecule has 1 aromatic carbocycles. The first-order valence-electron chi connectivity index (χ1n) is 3.71. The van der Waals surface area contributed by atoms with Gasteiger partial charge >= 0.3 is 0 Å². The van der Waals surface area contributed by atoms with Crippen LogP contribution in [0.1, 0.15) is 24.1 Å². The third kappa shape index (κ3) is 1.82. The molecule has 1 atom stereocenters. The highest BCUT2D eigenvalue weighted by Gasteiger charge is 2.14. The van der Waals surface area contributed by atoms with Crippen molar-refractivity contribution < 1.29 is 8.78 Å². The van der Waals surface area contributed by atoms with Gasteiger partial charge in [0.1, 0.15) is 11.6 Å². The Hall–Kier alpha value is -1.47. The van der Waals surface area contributed by atoms with E-state index in [0.29, 0.717) is 0 Å². The maximum Gasteiger partial charge on any atom is 0.132 e. The highest BCUT2D eigenvalue weighted by Crippen LogP contribution is 2.20. The molecule has 4 heteroatoms. The molecule has 0 saturated heterocycles. The Morgan fingerprint density at radius 3 is 2.15 bits per heavy atom. The second-order valence-electron chi connectivity index (χ2n) is 2.75. The van der Waals surface area contributed by atoms with E-state index in [1.165, 1.54) is 6.92 Å².